The third-order valence-corrected chi connectivity index (χ3v) is 5.92. The molecule has 3 heterocycles. The second-order valence-corrected chi connectivity index (χ2v) is 7.64. The van der Waals surface area contributed by atoms with E-state index in [1.807, 2.05) is 12.1 Å². The van der Waals surface area contributed by atoms with Gasteiger partial charge in [0.15, 0.2) is 0 Å². The summed E-state index contributed by atoms with van der Waals surface area (Å²) in [5.74, 6) is -1.46. The minimum Gasteiger partial charge on any atom is -0.353 e. The zero-order valence-corrected chi connectivity index (χ0v) is 16.8. The number of hydrogen-bond acceptors (Lipinski definition) is 5. The summed E-state index contributed by atoms with van der Waals surface area (Å²) in [5.41, 5.74) is 1.56. The number of anilines is 1. The summed E-state index contributed by atoms with van der Waals surface area (Å²) < 4.78 is 27.8. The van der Waals surface area contributed by atoms with Gasteiger partial charge in [0.05, 0.1) is 5.69 Å². The zero-order valence-electron chi connectivity index (χ0n) is 15.9. The van der Waals surface area contributed by atoms with Crippen LogP contribution in [0.4, 0.5) is 14.6 Å². The van der Waals surface area contributed by atoms with Gasteiger partial charge in [-0.05, 0) is 30.7 Å². The van der Waals surface area contributed by atoms with E-state index >= 15 is 0 Å². The van der Waals surface area contributed by atoms with Gasteiger partial charge < -0.3 is 9.80 Å². The lowest BCUT2D eigenvalue weighted by atomic mass is 10.1. The molecule has 29 heavy (non-hydrogen) atoms. The molecule has 1 aliphatic rings. The number of hydrogen-bond donors (Lipinski definition) is 0. The van der Waals surface area contributed by atoms with Crippen LogP contribution in [0.1, 0.15) is 23.0 Å². The first-order valence-corrected chi connectivity index (χ1v) is 10.3. The van der Waals surface area contributed by atoms with Crippen LogP contribution in [0.3, 0.4) is 0 Å². The average Bonchev–Trinajstić information content (AvgIpc) is 3.23. The Kier molecular flexibility index (Phi) is 5.53. The number of pyridine rings is 1. The first-order chi connectivity index (χ1) is 14.1. The maximum absolute atomic E-state index is 13.9. The zero-order chi connectivity index (χ0) is 20.4. The molecule has 5 nitrogen and oxygen atoms in total. The largest absolute Gasteiger partial charge is 0.353 e. The number of nitrogens with zero attached hydrogens (tertiary/aromatic N) is 4. The number of benzene rings is 1. The van der Waals surface area contributed by atoms with E-state index < -0.39 is 23.1 Å². The second-order valence-electron chi connectivity index (χ2n) is 6.78. The van der Waals surface area contributed by atoms with E-state index in [4.69, 9.17) is 0 Å². The van der Waals surface area contributed by atoms with E-state index in [-0.39, 0.29) is 0 Å². The minimum atomic E-state index is -0.830. The summed E-state index contributed by atoms with van der Waals surface area (Å²) in [4.78, 5) is 25.2. The van der Waals surface area contributed by atoms with E-state index in [1.54, 1.807) is 17.5 Å². The smallest absolute Gasteiger partial charge is 0.259 e. The Balaban J connectivity index is 1.41. The van der Waals surface area contributed by atoms with Crippen molar-refractivity contribution < 1.29 is 13.6 Å². The van der Waals surface area contributed by atoms with Gasteiger partial charge in [-0.15, -0.1) is 11.3 Å². The third kappa shape index (κ3) is 3.98. The van der Waals surface area contributed by atoms with Crippen molar-refractivity contribution in [3.8, 4) is 10.6 Å². The summed E-state index contributed by atoms with van der Waals surface area (Å²) in [7, 11) is 0. The van der Waals surface area contributed by atoms with E-state index in [0.29, 0.717) is 26.2 Å². The average molecular weight is 414 g/mol. The van der Waals surface area contributed by atoms with E-state index in [2.05, 4.69) is 27.2 Å². The molecule has 0 spiro atoms. The van der Waals surface area contributed by atoms with Crippen molar-refractivity contribution in [2.45, 2.75) is 13.3 Å². The lowest BCUT2D eigenvalue weighted by molar-refractivity contribution is 0.0736. The minimum absolute atomic E-state index is 0.377. The van der Waals surface area contributed by atoms with Crippen molar-refractivity contribution in [2.75, 3.05) is 31.1 Å². The highest BCUT2D eigenvalue weighted by atomic mass is 32.1. The number of halogens is 2. The first kappa shape index (κ1) is 19.4. The molecule has 0 aliphatic carbocycles. The number of aryl methyl sites for hydroxylation is 1. The number of aromatic nitrogens is 2. The fourth-order valence-corrected chi connectivity index (χ4v) is 4.19. The van der Waals surface area contributed by atoms with Crippen LogP contribution in [-0.2, 0) is 6.42 Å². The monoisotopic (exact) mass is 414 g/mol. The second kappa shape index (κ2) is 8.24. The lowest BCUT2D eigenvalue weighted by Crippen LogP contribution is -2.49. The van der Waals surface area contributed by atoms with Crippen LogP contribution in [-0.4, -0.2) is 47.0 Å². The molecule has 0 atom stereocenters. The molecule has 1 aromatic carbocycles. The van der Waals surface area contributed by atoms with Gasteiger partial charge in [0, 0.05) is 43.3 Å². The fourth-order valence-electron chi connectivity index (χ4n) is 3.30. The van der Waals surface area contributed by atoms with E-state index in [0.717, 1.165) is 40.6 Å². The molecule has 4 rings (SSSR count). The van der Waals surface area contributed by atoms with Crippen molar-refractivity contribution in [1.82, 2.24) is 14.9 Å². The number of carbonyl (C=O) groups is 1. The quantitative estimate of drug-likeness (QED) is 0.647. The number of piperazine rings is 1. The summed E-state index contributed by atoms with van der Waals surface area (Å²) in [6, 6.07) is 7.39. The molecule has 1 aliphatic heterocycles. The molecule has 0 radical (unpaired) electrons. The molecule has 8 heteroatoms. The van der Waals surface area contributed by atoms with Gasteiger partial charge in [-0.1, -0.05) is 13.0 Å². The van der Waals surface area contributed by atoms with Crippen LogP contribution in [0, 0.1) is 11.6 Å². The normalized spacial score (nSPS) is 14.3. The Labute approximate surface area is 171 Å². The van der Waals surface area contributed by atoms with Crippen LogP contribution >= 0.6 is 11.3 Å². The molecule has 1 amide bonds. The van der Waals surface area contributed by atoms with Crippen LogP contribution in [0.2, 0.25) is 0 Å². The molecule has 0 unspecified atom stereocenters. The molecule has 150 valence electrons. The molecule has 2 aromatic heterocycles. The summed E-state index contributed by atoms with van der Waals surface area (Å²) in [5, 5.41) is 3.00. The Morgan fingerprint density at radius 1 is 1.10 bits per heavy atom. The molecular formula is C21H20F2N4OS. The molecule has 0 saturated carbocycles. The van der Waals surface area contributed by atoms with E-state index in [9.17, 15) is 13.6 Å². The van der Waals surface area contributed by atoms with Gasteiger partial charge in [-0.25, -0.2) is 18.7 Å². The van der Waals surface area contributed by atoms with E-state index in [1.165, 1.54) is 11.0 Å². The molecule has 0 bridgehead atoms. The molecule has 0 N–H and O–H groups in total. The summed E-state index contributed by atoms with van der Waals surface area (Å²) in [6.07, 6.45) is 2.71. The molecule has 1 saturated heterocycles. The van der Waals surface area contributed by atoms with Gasteiger partial charge in [-0.3, -0.25) is 4.79 Å². The Hall–Kier alpha value is -2.87. The Morgan fingerprint density at radius 2 is 1.83 bits per heavy atom. The number of amides is 1. The van der Waals surface area contributed by atoms with Gasteiger partial charge in [-0.2, -0.15) is 0 Å². The van der Waals surface area contributed by atoms with Crippen LogP contribution < -0.4 is 4.90 Å². The lowest BCUT2D eigenvalue weighted by Gasteiger charge is -2.35. The molecule has 1 fully saturated rings. The standard InChI is InChI=1S/C21H20F2N4OS/c1-2-15-13-29-20(25-15)14-6-7-18(24-12-14)26-8-10-27(11-9-26)21(28)19-16(22)4-3-5-17(19)23/h3-7,12-13H,2,8-11H2,1H3. The van der Waals surface area contributed by atoms with Gasteiger partial charge in [0.2, 0.25) is 0 Å². The summed E-state index contributed by atoms with van der Waals surface area (Å²) in [6.45, 7) is 3.92. The van der Waals surface area contributed by atoms with Gasteiger partial charge >= 0.3 is 0 Å². The third-order valence-electron chi connectivity index (χ3n) is 4.98. The number of rotatable bonds is 4. The SMILES string of the molecule is CCc1csc(-c2ccc(N3CCN(C(=O)c4c(F)cccc4F)CC3)nc2)n1. The fraction of sp³-hybridized carbons (Fsp3) is 0.286. The molecule has 3 aromatic rings. The first-order valence-electron chi connectivity index (χ1n) is 9.46. The predicted octanol–water partition coefficient (Wildman–Crippen LogP) is 4.01. The topological polar surface area (TPSA) is 49.3 Å². The van der Waals surface area contributed by atoms with Gasteiger partial charge in [0.25, 0.3) is 5.91 Å². The number of thiazole rings is 1. The van der Waals surface area contributed by atoms with Crippen LogP contribution in [0.25, 0.3) is 10.6 Å². The highest BCUT2D eigenvalue weighted by Gasteiger charge is 2.27. The van der Waals surface area contributed by atoms with Crippen molar-refractivity contribution in [3.63, 3.8) is 0 Å². The van der Waals surface area contributed by atoms with Crippen LogP contribution in [0.5, 0.6) is 0 Å². The Bertz CT molecular complexity index is 994. The Morgan fingerprint density at radius 3 is 2.41 bits per heavy atom. The van der Waals surface area contributed by atoms with Gasteiger partial charge in [0.1, 0.15) is 28.0 Å². The number of carbonyl (C=O) groups excluding carboxylic acids is 1. The highest BCUT2D eigenvalue weighted by molar-refractivity contribution is 7.13. The van der Waals surface area contributed by atoms with Crippen molar-refractivity contribution in [1.29, 1.82) is 0 Å². The predicted molar refractivity (Wildman–Crippen MR) is 109 cm³/mol. The van der Waals surface area contributed by atoms with Crippen molar-refractivity contribution in [2.24, 2.45) is 0 Å². The summed E-state index contributed by atoms with van der Waals surface area (Å²) >= 11 is 1.60. The maximum Gasteiger partial charge on any atom is 0.259 e. The van der Waals surface area contributed by atoms with Crippen molar-refractivity contribution >= 4 is 23.1 Å². The maximum atomic E-state index is 13.9. The van der Waals surface area contributed by atoms with Crippen LogP contribution in [0.15, 0.2) is 41.9 Å². The van der Waals surface area contributed by atoms with Crippen molar-refractivity contribution in [3.05, 3.63) is 64.8 Å². The molecular weight excluding hydrogens is 394 g/mol. The highest BCUT2D eigenvalue weighted by Crippen LogP contribution is 2.25.